The first-order valence-electron chi connectivity index (χ1n) is 12.0. The molecule has 4 saturated carbocycles. The van der Waals surface area contributed by atoms with E-state index in [0.29, 0.717) is 29.5 Å². The van der Waals surface area contributed by atoms with Crippen LogP contribution in [0.5, 0.6) is 0 Å². The predicted molar refractivity (Wildman–Crippen MR) is 116 cm³/mol. The van der Waals surface area contributed by atoms with Gasteiger partial charge in [0.2, 0.25) is 0 Å². The predicted octanol–water partition coefficient (Wildman–Crippen LogP) is 3.95. The Hall–Kier alpha value is -1.43. The van der Waals surface area contributed by atoms with Gasteiger partial charge in [0.25, 0.3) is 0 Å². The van der Waals surface area contributed by atoms with E-state index in [1.807, 2.05) is 0 Å². The maximum atomic E-state index is 12.7. The summed E-state index contributed by atoms with van der Waals surface area (Å²) in [7, 11) is 1.66. The summed E-state index contributed by atoms with van der Waals surface area (Å²) in [4.78, 5) is 23.9. The molecule has 166 valence electrons. The lowest BCUT2D eigenvalue weighted by Gasteiger charge is -2.59. The number of fused-ring (bicyclic) bond motifs is 5. The average Bonchev–Trinajstić information content (AvgIpc) is 3.35. The number of oxime groups is 2. The van der Waals surface area contributed by atoms with E-state index in [9.17, 15) is 4.79 Å². The minimum atomic E-state index is -0.104. The molecule has 0 spiro atoms. The van der Waals surface area contributed by atoms with Gasteiger partial charge in [-0.3, -0.25) is 4.79 Å². The molecule has 3 unspecified atom stereocenters. The van der Waals surface area contributed by atoms with Crippen molar-refractivity contribution < 1.29 is 14.5 Å². The first kappa shape index (κ1) is 20.5. The van der Waals surface area contributed by atoms with Crippen LogP contribution in [-0.2, 0) is 14.5 Å². The van der Waals surface area contributed by atoms with Crippen LogP contribution in [-0.4, -0.2) is 43.5 Å². The molecule has 0 aromatic carbocycles. The molecule has 0 amide bonds. The second-order valence-electron chi connectivity index (χ2n) is 10.9. The van der Waals surface area contributed by atoms with Gasteiger partial charge in [-0.15, -0.1) is 0 Å². The fourth-order valence-corrected chi connectivity index (χ4v) is 7.81. The smallest absolute Gasteiger partial charge is 0.141 e. The van der Waals surface area contributed by atoms with Gasteiger partial charge in [-0.1, -0.05) is 24.2 Å². The molecule has 7 atom stereocenters. The Morgan fingerprint density at radius 1 is 1.03 bits per heavy atom. The molecule has 0 aromatic rings. The lowest BCUT2D eigenvalue weighted by atomic mass is 9.45. The van der Waals surface area contributed by atoms with E-state index in [1.54, 1.807) is 7.11 Å². The third-order valence-corrected chi connectivity index (χ3v) is 9.58. The summed E-state index contributed by atoms with van der Waals surface area (Å²) in [6.07, 6.45) is 9.38. The third-order valence-electron chi connectivity index (χ3n) is 9.58. The van der Waals surface area contributed by atoms with Crippen molar-refractivity contribution in [1.29, 1.82) is 0 Å². The first-order valence-corrected chi connectivity index (χ1v) is 12.0. The van der Waals surface area contributed by atoms with Crippen LogP contribution in [0.15, 0.2) is 10.3 Å². The van der Waals surface area contributed by atoms with Crippen LogP contribution in [0, 0.1) is 34.5 Å². The Labute approximate surface area is 180 Å². The lowest BCUT2D eigenvalue weighted by molar-refractivity contribution is -0.133. The summed E-state index contributed by atoms with van der Waals surface area (Å²) in [5.41, 5.74) is 2.48. The van der Waals surface area contributed by atoms with Crippen molar-refractivity contribution in [2.24, 2.45) is 44.8 Å². The zero-order valence-electron chi connectivity index (χ0n) is 18.8. The van der Waals surface area contributed by atoms with Gasteiger partial charge >= 0.3 is 0 Å². The summed E-state index contributed by atoms with van der Waals surface area (Å²) in [5.74, 6) is 2.61. The third kappa shape index (κ3) is 3.12. The molecule has 1 saturated heterocycles. The van der Waals surface area contributed by atoms with Crippen LogP contribution >= 0.6 is 0 Å². The number of carbonyl (C=O) groups excluding carboxylic acids is 1. The van der Waals surface area contributed by atoms with Gasteiger partial charge in [0.05, 0.1) is 11.4 Å². The van der Waals surface area contributed by atoms with Crippen molar-refractivity contribution in [3.63, 3.8) is 0 Å². The number of Topliss-reactive ketones (excluding diaryl/α,β-unsaturated/α-hetero) is 1. The molecule has 0 aromatic heterocycles. The SMILES string of the molecule is CO/N=C1\CC2C3CCC(=O)[C@@]3(C)CCC2[C@@]2(C)CC/C(=N/O[C@H]3CCNC3)C[C@H]12. The molecule has 30 heavy (non-hydrogen) atoms. The highest BCUT2D eigenvalue weighted by molar-refractivity contribution is 5.96. The van der Waals surface area contributed by atoms with Gasteiger partial charge in [-0.25, -0.2) is 0 Å². The van der Waals surface area contributed by atoms with E-state index < -0.39 is 0 Å². The zero-order valence-corrected chi connectivity index (χ0v) is 18.8. The second-order valence-corrected chi connectivity index (χ2v) is 10.9. The molecule has 5 rings (SSSR count). The topological polar surface area (TPSA) is 72.3 Å². The molecule has 1 heterocycles. The highest BCUT2D eigenvalue weighted by Crippen LogP contribution is 2.64. The normalized spacial score (nSPS) is 48.4. The minimum Gasteiger partial charge on any atom is -0.399 e. The monoisotopic (exact) mass is 415 g/mol. The minimum absolute atomic E-state index is 0.104. The van der Waals surface area contributed by atoms with Gasteiger partial charge in [-0.05, 0) is 74.7 Å². The number of hydrogen-bond acceptors (Lipinski definition) is 6. The number of nitrogens with zero attached hydrogens (tertiary/aromatic N) is 2. The zero-order chi connectivity index (χ0) is 20.9. The summed E-state index contributed by atoms with van der Waals surface area (Å²) in [6, 6.07) is 0. The van der Waals surface area contributed by atoms with Crippen molar-refractivity contribution in [1.82, 2.24) is 5.32 Å². The highest BCUT2D eigenvalue weighted by Gasteiger charge is 2.61. The van der Waals surface area contributed by atoms with Crippen molar-refractivity contribution in [3.05, 3.63) is 0 Å². The molecular weight excluding hydrogens is 378 g/mol. The van der Waals surface area contributed by atoms with E-state index >= 15 is 0 Å². The van der Waals surface area contributed by atoms with Crippen LogP contribution in [0.4, 0.5) is 0 Å². The first-order chi connectivity index (χ1) is 14.5. The largest absolute Gasteiger partial charge is 0.399 e. The van der Waals surface area contributed by atoms with Crippen LogP contribution in [0.25, 0.3) is 0 Å². The van der Waals surface area contributed by atoms with Crippen LogP contribution < -0.4 is 5.32 Å². The van der Waals surface area contributed by atoms with Crippen LogP contribution in [0.2, 0.25) is 0 Å². The molecular formula is C24H37N3O3. The Kier molecular flexibility index (Phi) is 5.19. The molecule has 1 aliphatic heterocycles. The summed E-state index contributed by atoms with van der Waals surface area (Å²) < 4.78 is 0. The molecule has 6 nitrogen and oxygen atoms in total. The molecule has 1 N–H and O–H groups in total. The molecule has 4 aliphatic carbocycles. The van der Waals surface area contributed by atoms with Crippen LogP contribution in [0.1, 0.15) is 71.6 Å². The Morgan fingerprint density at radius 3 is 2.67 bits per heavy atom. The molecule has 5 fully saturated rings. The Balaban J connectivity index is 1.40. The Bertz CT molecular complexity index is 759. The van der Waals surface area contributed by atoms with Gasteiger partial charge in [-0.2, -0.15) is 0 Å². The number of ketones is 1. The summed E-state index contributed by atoms with van der Waals surface area (Å²) in [5, 5.41) is 12.5. The number of nitrogens with one attached hydrogen (secondary N) is 1. The number of carbonyl (C=O) groups is 1. The Morgan fingerprint density at radius 2 is 1.90 bits per heavy atom. The average molecular weight is 416 g/mol. The lowest BCUT2D eigenvalue weighted by Crippen LogP contribution is -2.56. The number of hydrogen-bond donors (Lipinski definition) is 1. The summed E-state index contributed by atoms with van der Waals surface area (Å²) >= 11 is 0. The maximum Gasteiger partial charge on any atom is 0.141 e. The van der Waals surface area contributed by atoms with Gasteiger partial charge in [0, 0.05) is 30.7 Å². The van der Waals surface area contributed by atoms with Crippen molar-refractivity contribution in [2.75, 3.05) is 20.2 Å². The molecule has 0 radical (unpaired) electrons. The maximum absolute atomic E-state index is 12.7. The van der Waals surface area contributed by atoms with Gasteiger partial charge in [0.15, 0.2) is 0 Å². The number of rotatable bonds is 3. The fraction of sp³-hybridized carbons (Fsp3) is 0.875. The second kappa shape index (κ2) is 7.61. The quantitative estimate of drug-likeness (QED) is 0.709. The van der Waals surface area contributed by atoms with Crippen molar-refractivity contribution >= 4 is 17.2 Å². The summed E-state index contributed by atoms with van der Waals surface area (Å²) in [6.45, 7) is 6.65. The standard InChI is InChI=1S/C24H37N3O3/c1-23-9-6-15(26-30-16-8-11-25-14-16)12-20(23)21(27-29-3)13-17-18-4-5-22(28)24(18,2)10-7-19(17)23/h16-20,25H,4-14H2,1-3H3/b26-15-,27-21+/t16-,17?,18?,19?,20+,23+,24-/m0/s1. The van der Waals surface area contributed by atoms with E-state index in [4.69, 9.17) is 9.68 Å². The van der Waals surface area contributed by atoms with Crippen LogP contribution in [0.3, 0.4) is 0 Å². The van der Waals surface area contributed by atoms with E-state index in [1.165, 1.54) is 17.8 Å². The van der Waals surface area contributed by atoms with E-state index in [-0.39, 0.29) is 16.9 Å². The van der Waals surface area contributed by atoms with E-state index in [0.717, 1.165) is 64.5 Å². The van der Waals surface area contributed by atoms with Crippen molar-refractivity contribution in [2.45, 2.75) is 77.7 Å². The highest BCUT2D eigenvalue weighted by atomic mass is 16.6. The fourth-order valence-electron chi connectivity index (χ4n) is 7.81. The molecule has 0 bridgehead atoms. The van der Waals surface area contributed by atoms with Gasteiger partial charge < -0.3 is 15.0 Å². The molecule has 6 heteroatoms. The molecule has 5 aliphatic rings. The van der Waals surface area contributed by atoms with Crippen molar-refractivity contribution in [3.8, 4) is 0 Å². The van der Waals surface area contributed by atoms with Gasteiger partial charge in [0.1, 0.15) is 19.0 Å². The van der Waals surface area contributed by atoms with E-state index in [2.05, 4.69) is 29.5 Å².